The fourth-order valence-electron chi connectivity index (χ4n) is 2.64. The van der Waals surface area contributed by atoms with E-state index in [1.807, 2.05) is 0 Å². The van der Waals surface area contributed by atoms with Crippen LogP contribution in [-0.2, 0) is 19.1 Å². The van der Waals surface area contributed by atoms with Crippen LogP contribution in [0.2, 0.25) is 0 Å². The summed E-state index contributed by atoms with van der Waals surface area (Å²) in [5, 5.41) is 0. The van der Waals surface area contributed by atoms with Gasteiger partial charge in [-0.05, 0) is 24.2 Å². The van der Waals surface area contributed by atoms with Gasteiger partial charge in [0.1, 0.15) is 0 Å². The van der Waals surface area contributed by atoms with Gasteiger partial charge in [-0.1, -0.05) is 13.3 Å². The van der Waals surface area contributed by atoms with Gasteiger partial charge in [0.15, 0.2) is 0 Å². The van der Waals surface area contributed by atoms with Gasteiger partial charge in [0.2, 0.25) is 0 Å². The predicted molar refractivity (Wildman–Crippen MR) is 58.7 cm³/mol. The van der Waals surface area contributed by atoms with Gasteiger partial charge in [0, 0.05) is 0 Å². The highest BCUT2D eigenvalue weighted by atomic mass is 16.5. The molecule has 0 aromatic heterocycles. The molecule has 1 aliphatic rings. The zero-order valence-corrected chi connectivity index (χ0v) is 10.2. The molecule has 0 bridgehead atoms. The molecule has 1 unspecified atom stereocenters. The molecular formula is C12H20O4. The largest absolute Gasteiger partial charge is 0.469 e. The van der Waals surface area contributed by atoms with E-state index in [1.165, 1.54) is 14.2 Å². The molecule has 1 fully saturated rings. The number of carbonyl (C=O) groups excluding carboxylic acids is 2. The lowest BCUT2D eigenvalue weighted by atomic mass is 9.79. The van der Waals surface area contributed by atoms with E-state index in [2.05, 4.69) is 6.92 Å². The van der Waals surface area contributed by atoms with Gasteiger partial charge in [0.05, 0.1) is 27.1 Å². The van der Waals surface area contributed by atoms with Crippen molar-refractivity contribution in [2.75, 3.05) is 14.2 Å². The molecule has 1 rings (SSSR count). The van der Waals surface area contributed by atoms with Gasteiger partial charge < -0.3 is 9.47 Å². The summed E-state index contributed by atoms with van der Waals surface area (Å²) in [6.07, 6.45) is 3.51. The maximum Gasteiger partial charge on any atom is 0.306 e. The van der Waals surface area contributed by atoms with E-state index in [1.54, 1.807) is 0 Å². The van der Waals surface area contributed by atoms with Crippen LogP contribution in [0, 0.1) is 11.3 Å². The normalized spacial score (nSPS) is 22.8. The van der Waals surface area contributed by atoms with Gasteiger partial charge in [-0.2, -0.15) is 0 Å². The molecule has 0 saturated heterocycles. The molecule has 0 amide bonds. The summed E-state index contributed by atoms with van der Waals surface area (Å²) in [5.41, 5.74) is -0.237. The third-order valence-corrected chi connectivity index (χ3v) is 3.44. The Labute approximate surface area is 96.3 Å². The first-order valence-electron chi connectivity index (χ1n) is 5.65. The smallest absolute Gasteiger partial charge is 0.306 e. The van der Waals surface area contributed by atoms with Crippen LogP contribution in [0.5, 0.6) is 0 Å². The summed E-state index contributed by atoms with van der Waals surface area (Å²) in [4.78, 5) is 22.8. The molecule has 0 N–H and O–H groups in total. The number of hydrogen-bond donors (Lipinski definition) is 0. The molecule has 0 radical (unpaired) electrons. The van der Waals surface area contributed by atoms with Crippen LogP contribution in [0.3, 0.4) is 0 Å². The lowest BCUT2D eigenvalue weighted by molar-refractivity contribution is -0.147. The van der Waals surface area contributed by atoms with E-state index in [4.69, 9.17) is 9.47 Å². The number of esters is 2. The second-order valence-electron chi connectivity index (χ2n) is 4.85. The fraction of sp³-hybridized carbons (Fsp3) is 0.833. The fourth-order valence-corrected chi connectivity index (χ4v) is 2.64. The van der Waals surface area contributed by atoms with Gasteiger partial charge in [-0.15, -0.1) is 0 Å². The van der Waals surface area contributed by atoms with E-state index in [0.717, 1.165) is 19.3 Å². The Bertz CT molecular complexity index is 254. The Balaban J connectivity index is 2.69. The summed E-state index contributed by atoms with van der Waals surface area (Å²) < 4.78 is 9.39. The molecule has 0 aromatic rings. The van der Waals surface area contributed by atoms with Crippen molar-refractivity contribution in [2.45, 2.75) is 39.0 Å². The molecular weight excluding hydrogens is 208 g/mol. The zero-order chi connectivity index (χ0) is 12.2. The lowest BCUT2D eigenvalue weighted by Gasteiger charge is -2.26. The van der Waals surface area contributed by atoms with Crippen molar-refractivity contribution in [2.24, 2.45) is 11.3 Å². The van der Waals surface area contributed by atoms with Crippen LogP contribution < -0.4 is 0 Å². The average molecular weight is 228 g/mol. The molecule has 0 heterocycles. The van der Waals surface area contributed by atoms with Crippen LogP contribution in [0.15, 0.2) is 0 Å². The van der Waals surface area contributed by atoms with Gasteiger partial charge in [0.25, 0.3) is 0 Å². The second kappa shape index (κ2) is 5.32. The minimum absolute atomic E-state index is 0.237. The third-order valence-electron chi connectivity index (χ3n) is 3.44. The predicted octanol–water partition coefficient (Wildman–Crippen LogP) is 1.92. The third kappa shape index (κ3) is 3.22. The van der Waals surface area contributed by atoms with Crippen LogP contribution in [0.25, 0.3) is 0 Å². The van der Waals surface area contributed by atoms with Crippen LogP contribution in [-0.4, -0.2) is 26.2 Å². The molecule has 0 aromatic carbocycles. The first kappa shape index (κ1) is 13.0. The molecule has 4 nitrogen and oxygen atoms in total. The Morgan fingerprint density at radius 3 is 2.00 bits per heavy atom. The lowest BCUT2D eigenvalue weighted by Crippen LogP contribution is -2.26. The van der Waals surface area contributed by atoms with E-state index >= 15 is 0 Å². The highest BCUT2D eigenvalue weighted by molar-refractivity contribution is 5.74. The molecule has 4 heteroatoms. The van der Waals surface area contributed by atoms with Crippen molar-refractivity contribution in [3.8, 4) is 0 Å². The van der Waals surface area contributed by atoms with Crippen molar-refractivity contribution >= 4 is 11.9 Å². The molecule has 0 aliphatic heterocycles. The van der Waals surface area contributed by atoms with E-state index in [-0.39, 0.29) is 17.4 Å². The SMILES string of the molecule is COC(=O)CC1(CC(=O)OC)CCC(C)C1. The number of carbonyl (C=O) groups is 2. The monoisotopic (exact) mass is 228 g/mol. The summed E-state index contributed by atoms with van der Waals surface area (Å²) >= 11 is 0. The van der Waals surface area contributed by atoms with Crippen molar-refractivity contribution in [3.05, 3.63) is 0 Å². The van der Waals surface area contributed by atoms with E-state index in [9.17, 15) is 9.59 Å². The topological polar surface area (TPSA) is 52.6 Å². The maximum atomic E-state index is 11.4. The average Bonchev–Trinajstić information content (AvgIpc) is 2.59. The maximum absolute atomic E-state index is 11.4. The van der Waals surface area contributed by atoms with Crippen LogP contribution in [0.4, 0.5) is 0 Å². The second-order valence-corrected chi connectivity index (χ2v) is 4.85. The summed E-state index contributed by atoms with van der Waals surface area (Å²) in [6.45, 7) is 2.15. The first-order valence-corrected chi connectivity index (χ1v) is 5.65. The van der Waals surface area contributed by atoms with Crippen molar-refractivity contribution in [1.82, 2.24) is 0 Å². The Morgan fingerprint density at radius 1 is 1.19 bits per heavy atom. The minimum atomic E-state index is -0.238. The quantitative estimate of drug-likeness (QED) is 0.690. The number of ether oxygens (including phenoxy) is 2. The number of rotatable bonds is 4. The van der Waals surface area contributed by atoms with Gasteiger partial charge >= 0.3 is 11.9 Å². The summed E-state index contributed by atoms with van der Waals surface area (Å²) in [6, 6.07) is 0. The highest BCUT2D eigenvalue weighted by Gasteiger charge is 2.41. The van der Waals surface area contributed by atoms with Crippen molar-refractivity contribution in [1.29, 1.82) is 0 Å². The van der Waals surface area contributed by atoms with Gasteiger partial charge in [-0.3, -0.25) is 9.59 Å². The molecule has 1 aliphatic carbocycles. The van der Waals surface area contributed by atoms with Crippen molar-refractivity contribution in [3.63, 3.8) is 0 Å². The summed E-state index contributed by atoms with van der Waals surface area (Å²) in [7, 11) is 2.76. The van der Waals surface area contributed by atoms with E-state index in [0.29, 0.717) is 18.8 Å². The standard InChI is InChI=1S/C12H20O4/c1-9-4-5-12(6-9,7-10(13)15-2)8-11(14)16-3/h9H,4-8H2,1-3H3. The van der Waals surface area contributed by atoms with E-state index < -0.39 is 0 Å². The zero-order valence-electron chi connectivity index (χ0n) is 10.2. The Hall–Kier alpha value is -1.06. The highest BCUT2D eigenvalue weighted by Crippen LogP contribution is 2.47. The van der Waals surface area contributed by atoms with Crippen LogP contribution >= 0.6 is 0 Å². The molecule has 92 valence electrons. The first-order chi connectivity index (χ1) is 7.51. The van der Waals surface area contributed by atoms with Crippen molar-refractivity contribution < 1.29 is 19.1 Å². The number of hydrogen-bond acceptors (Lipinski definition) is 4. The molecule has 0 spiro atoms. The molecule has 1 atom stereocenters. The van der Waals surface area contributed by atoms with Gasteiger partial charge in [-0.25, -0.2) is 0 Å². The summed E-state index contributed by atoms with van der Waals surface area (Å²) in [5.74, 6) is 0.0883. The number of methoxy groups -OCH3 is 2. The molecule has 16 heavy (non-hydrogen) atoms. The molecule has 1 saturated carbocycles. The Morgan fingerprint density at radius 2 is 1.69 bits per heavy atom. The Kier molecular flexibility index (Phi) is 4.33. The van der Waals surface area contributed by atoms with Crippen LogP contribution in [0.1, 0.15) is 39.0 Å². The minimum Gasteiger partial charge on any atom is -0.469 e.